The molecule has 0 saturated heterocycles. The second-order valence-electron chi connectivity index (χ2n) is 21.9. The molecule has 0 heterocycles. The summed E-state index contributed by atoms with van der Waals surface area (Å²) in [4.78, 5) is 55.8. The standard InChI is InChI=1S/C53H88N8O4/c62-50(60(48-27-15-5-16-28-48)52(56-42-19-7-1-8-20-42)64-58-46-23-11-3-12-24-46)54-44-35-31-40(32-36-44)39-41-33-37-45(38-34-41)55-51(63)61(49-29-17-6-18-30-49)53(57-43-21-9-2-10-22-43)65-59-47-25-13-4-14-26-47/h40-45,48-49H,1-39H2,(H,54,62)(H,55,63)/b56-52-,57-53-. The van der Waals surface area contributed by atoms with Gasteiger partial charge in [-0.25, -0.2) is 29.4 Å². The van der Waals surface area contributed by atoms with E-state index in [1.807, 2.05) is 9.80 Å². The molecule has 0 spiro atoms. The zero-order valence-corrected chi connectivity index (χ0v) is 40.5. The van der Waals surface area contributed by atoms with Crippen molar-refractivity contribution in [3.05, 3.63) is 0 Å². The van der Waals surface area contributed by atoms with Crippen LogP contribution in [0.15, 0.2) is 20.3 Å². The Morgan fingerprint density at radius 2 is 0.738 bits per heavy atom. The van der Waals surface area contributed by atoms with Crippen LogP contribution >= 0.6 is 0 Å². The molecule has 0 aliphatic heterocycles. The predicted molar refractivity (Wildman–Crippen MR) is 262 cm³/mol. The molecule has 0 aromatic heterocycles. The van der Waals surface area contributed by atoms with Gasteiger partial charge in [-0.2, -0.15) is 0 Å². The smallest absolute Gasteiger partial charge is 0.326 e. The summed E-state index contributed by atoms with van der Waals surface area (Å²) in [5.41, 5.74) is 2.23. The number of nitrogens with zero attached hydrogens (tertiary/aromatic N) is 6. The lowest BCUT2D eigenvalue weighted by Gasteiger charge is -2.38. The largest absolute Gasteiger partial charge is 0.335 e. The van der Waals surface area contributed by atoms with Gasteiger partial charge < -0.3 is 20.3 Å². The first-order valence-corrected chi connectivity index (χ1v) is 27.8. The summed E-state index contributed by atoms with van der Waals surface area (Å²) in [7, 11) is 0. The number of aliphatic imine (C=N–C) groups is 2. The van der Waals surface area contributed by atoms with Crippen LogP contribution < -0.4 is 10.6 Å². The number of carbonyl (C=O) groups is 2. The van der Waals surface area contributed by atoms with E-state index >= 15 is 0 Å². The first-order valence-electron chi connectivity index (χ1n) is 27.8. The summed E-state index contributed by atoms with van der Waals surface area (Å²) in [6.07, 6.45) is 43.6. The van der Waals surface area contributed by atoms with Crippen LogP contribution in [0.3, 0.4) is 0 Å². The Bertz CT molecular complexity index is 1460. The Morgan fingerprint density at radius 3 is 1.09 bits per heavy atom. The highest BCUT2D eigenvalue weighted by atomic mass is 16.7. The van der Waals surface area contributed by atoms with E-state index in [4.69, 9.17) is 19.7 Å². The molecule has 0 radical (unpaired) electrons. The molecule has 12 nitrogen and oxygen atoms in total. The summed E-state index contributed by atoms with van der Waals surface area (Å²) in [6.45, 7) is 0. The van der Waals surface area contributed by atoms with Crippen LogP contribution in [0.2, 0.25) is 0 Å². The molecule has 65 heavy (non-hydrogen) atoms. The van der Waals surface area contributed by atoms with Gasteiger partial charge in [0.05, 0.1) is 23.5 Å². The van der Waals surface area contributed by atoms with Crippen LogP contribution in [-0.4, -0.2) is 81.6 Å². The molecule has 0 unspecified atom stereocenters. The predicted octanol–water partition coefficient (Wildman–Crippen LogP) is 13.2. The number of rotatable bonds is 10. The average molecular weight is 901 g/mol. The van der Waals surface area contributed by atoms with E-state index in [9.17, 15) is 9.59 Å². The average Bonchev–Trinajstić information content (AvgIpc) is 3.36. The molecule has 364 valence electrons. The lowest BCUT2D eigenvalue weighted by atomic mass is 9.75. The number of hydrogen-bond donors (Lipinski definition) is 2. The van der Waals surface area contributed by atoms with Gasteiger partial charge in [0, 0.05) is 24.2 Å². The van der Waals surface area contributed by atoms with E-state index in [2.05, 4.69) is 20.9 Å². The molecule has 12 heteroatoms. The summed E-state index contributed by atoms with van der Waals surface area (Å²) in [6, 6.07) is 1.80. The zero-order valence-electron chi connectivity index (χ0n) is 40.5. The molecule has 8 fully saturated rings. The number of carbonyl (C=O) groups excluding carboxylic acids is 2. The van der Waals surface area contributed by atoms with E-state index in [1.54, 1.807) is 0 Å². The maximum absolute atomic E-state index is 14.5. The number of amidine groups is 2. The highest BCUT2D eigenvalue weighted by Crippen LogP contribution is 2.37. The second-order valence-corrected chi connectivity index (χ2v) is 21.9. The molecule has 8 rings (SSSR count). The molecule has 8 aliphatic carbocycles. The SMILES string of the molecule is O=C(NC1CCC(CC2CCC(NC(=O)N(/C(=N/C3CCCCC3)ON=C3CCCCC3)C3CCCCC3)CC2)CC1)N(/C(=N/C1CCCCC1)ON=C1CCCCC1)C1CCCCC1. The molecular weight excluding hydrogens is 813 g/mol. The fourth-order valence-electron chi connectivity index (χ4n) is 12.8. The van der Waals surface area contributed by atoms with Crippen molar-refractivity contribution in [3.63, 3.8) is 0 Å². The molecule has 8 saturated carbocycles. The van der Waals surface area contributed by atoms with Gasteiger partial charge >= 0.3 is 24.1 Å². The van der Waals surface area contributed by atoms with Crippen molar-refractivity contribution in [2.75, 3.05) is 0 Å². The number of oxime groups is 2. The fourth-order valence-corrected chi connectivity index (χ4v) is 12.8. The topological polar surface area (TPSA) is 133 Å². The number of urea groups is 2. The van der Waals surface area contributed by atoms with Crippen molar-refractivity contribution in [2.45, 2.75) is 287 Å². The minimum absolute atomic E-state index is 0.0300. The van der Waals surface area contributed by atoms with Gasteiger partial charge in [-0.15, -0.1) is 0 Å². The minimum Gasteiger partial charge on any atom is -0.335 e. The molecule has 8 aliphatic rings. The molecule has 0 atom stereocenters. The highest BCUT2D eigenvalue weighted by Gasteiger charge is 2.37. The van der Waals surface area contributed by atoms with Crippen LogP contribution in [-0.2, 0) is 9.68 Å². The second kappa shape index (κ2) is 25.8. The Balaban J connectivity index is 0.838. The molecule has 0 aromatic rings. The monoisotopic (exact) mass is 901 g/mol. The first-order chi connectivity index (χ1) is 32.0. The molecule has 4 amide bonds. The lowest BCUT2D eigenvalue weighted by Crippen LogP contribution is -2.54. The molecule has 2 N–H and O–H groups in total. The van der Waals surface area contributed by atoms with Crippen molar-refractivity contribution in [2.24, 2.45) is 32.1 Å². The van der Waals surface area contributed by atoms with Crippen molar-refractivity contribution < 1.29 is 19.3 Å². The van der Waals surface area contributed by atoms with E-state index in [1.165, 1.54) is 70.6 Å². The van der Waals surface area contributed by atoms with Crippen LogP contribution in [0.1, 0.15) is 250 Å². The molecule has 0 aromatic carbocycles. The Hall–Kier alpha value is -3.18. The van der Waals surface area contributed by atoms with Crippen molar-refractivity contribution in [1.29, 1.82) is 0 Å². The number of nitrogens with one attached hydrogen (secondary N) is 2. The van der Waals surface area contributed by atoms with Crippen LogP contribution in [0, 0.1) is 11.8 Å². The molecular formula is C53H88N8O4. The van der Waals surface area contributed by atoms with Gasteiger partial charge in [0.25, 0.3) is 0 Å². The number of amides is 4. The third-order valence-electron chi connectivity index (χ3n) is 16.9. The summed E-state index contributed by atoms with van der Waals surface area (Å²) < 4.78 is 0. The Morgan fingerprint density at radius 1 is 0.415 bits per heavy atom. The maximum atomic E-state index is 14.5. The lowest BCUT2D eigenvalue weighted by molar-refractivity contribution is 0.153. The van der Waals surface area contributed by atoms with Crippen LogP contribution in [0.5, 0.6) is 0 Å². The summed E-state index contributed by atoms with van der Waals surface area (Å²) in [5.74, 6) is 1.38. The third-order valence-corrected chi connectivity index (χ3v) is 16.9. The van der Waals surface area contributed by atoms with E-state index < -0.39 is 0 Å². The van der Waals surface area contributed by atoms with Gasteiger partial charge in [0.1, 0.15) is 0 Å². The first kappa shape index (κ1) is 48.3. The van der Waals surface area contributed by atoms with Crippen molar-refractivity contribution in [3.8, 4) is 0 Å². The third kappa shape index (κ3) is 14.9. The maximum Gasteiger partial charge on any atom is 0.326 e. The van der Waals surface area contributed by atoms with Crippen molar-refractivity contribution in [1.82, 2.24) is 20.4 Å². The number of hydrogen-bond acceptors (Lipinski definition) is 8. The van der Waals surface area contributed by atoms with Crippen LogP contribution in [0.4, 0.5) is 9.59 Å². The summed E-state index contributed by atoms with van der Waals surface area (Å²) in [5, 5.41) is 16.4. The van der Waals surface area contributed by atoms with Crippen LogP contribution in [0.25, 0.3) is 0 Å². The van der Waals surface area contributed by atoms with Gasteiger partial charge in [-0.3, -0.25) is 0 Å². The Labute approximate surface area is 392 Å². The fraction of sp³-hybridized carbons (Fsp3) is 0.887. The normalized spacial score (nSPS) is 28.8. The van der Waals surface area contributed by atoms with Gasteiger partial charge in [-0.1, -0.05) is 100 Å². The van der Waals surface area contributed by atoms with E-state index in [0.717, 1.165) is 191 Å². The minimum atomic E-state index is -0.0300. The zero-order chi connectivity index (χ0) is 44.5. The highest BCUT2D eigenvalue weighted by molar-refractivity contribution is 5.95. The van der Waals surface area contributed by atoms with E-state index in [0.29, 0.717) is 23.9 Å². The molecule has 0 bridgehead atoms. The van der Waals surface area contributed by atoms with Gasteiger partial charge in [0.2, 0.25) is 0 Å². The van der Waals surface area contributed by atoms with E-state index in [-0.39, 0.29) is 48.3 Å². The van der Waals surface area contributed by atoms with Gasteiger partial charge in [-0.05, 0) is 172 Å². The Kier molecular flexibility index (Phi) is 19.2. The quantitative estimate of drug-likeness (QED) is 0.128. The summed E-state index contributed by atoms with van der Waals surface area (Å²) >= 11 is 0. The van der Waals surface area contributed by atoms with Crippen molar-refractivity contribution >= 4 is 35.5 Å². The van der Waals surface area contributed by atoms with Gasteiger partial charge in [0.15, 0.2) is 0 Å².